The van der Waals surface area contributed by atoms with Gasteiger partial charge in [-0.25, -0.2) is 19.2 Å². The Morgan fingerprint density at radius 3 is 0.959 bits per heavy atom. The Bertz CT molecular complexity index is 5660. The van der Waals surface area contributed by atoms with Gasteiger partial charge in [0.1, 0.15) is 51.7 Å². The second kappa shape index (κ2) is 49.1. The van der Waals surface area contributed by atoms with E-state index in [-0.39, 0.29) is 143 Å². The molecule has 5 amide bonds. The van der Waals surface area contributed by atoms with Gasteiger partial charge in [0.15, 0.2) is 0 Å². The molecule has 3 aromatic carbocycles. The molecule has 8 saturated carbocycles. The van der Waals surface area contributed by atoms with Crippen LogP contribution in [-0.2, 0) is 86.0 Å². The maximum atomic E-state index is 13.8. The third kappa shape index (κ3) is 28.0. The van der Waals surface area contributed by atoms with Crippen LogP contribution in [0.2, 0.25) is 0 Å². The van der Waals surface area contributed by atoms with Crippen LogP contribution in [-0.4, -0.2) is 235 Å². The molecule has 3 aromatic heterocycles. The average molecular weight is 2010 g/mol. The van der Waals surface area contributed by atoms with E-state index in [0.717, 1.165) is 36.0 Å². The summed E-state index contributed by atoms with van der Waals surface area (Å²) in [5, 5.41) is 31.1. The van der Waals surface area contributed by atoms with Gasteiger partial charge in [0.05, 0.1) is 118 Å². The minimum atomic E-state index is -1.19. The molecule has 37 nitrogen and oxygen atoms in total. The van der Waals surface area contributed by atoms with Crippen LogP contribution in [0, 0.1) is 71.0 Å². The maximum Gasteiger partial charge on any atom is 0.332 e. The van der Waals surface area contributed by atoms with E-state index in [9.17, 15) is 67.7 Å². The van der Waals surface area contributed by atoms with Gasteiger partial charge in [0.2, 0.25) is 47.2 Å². The van der Waals surface area contributed by atoms with Gasteiger partial charge in [0.25, 0.3) is 0 Å². The van der Waals surface area contributed by atoms with Crippen molar-refractivity contribution in [2.45, 2.75) is 223 Å². The molecule has 14 rings (SSSR count). The third-order valence-corrected chi connectivity index (χ3v) is 26.8. The molecule has 780 valence electrons. The van der Waals surface area contributed by atoms with E-state index < -0.39 is 165 Å². The Labute approximate surface area is 845 Å². The number of allylic oxidation sites excluding steroid dienone is 1. The van der Waals surface area contributed by atoms with Crippen LogP contribution in [0.3, 0.4) is 0 Å². The van der Waals surface area contributed by atoms with Crippen molar-refractivity contribution in [1.82, 2.24) is 56.1 Å². The maximum absolute atomic E-state index is 13.8. The first-order valence-corrected chi connectivity index (χ1v) is 49.2. The van der Waals surface area contributed by atoms with Crippen LogP contribution in [0.15, 0.2) is 172 Å². The highest BCUT2D eigenvalue weighted by Crippen LogP contribution is 2.52. The van der Waals surface area contributed by atoms with Crippen molar-refractivity contribution in [2.24, 2.45) is 71.0 Å². The Hall–Kier alpha value is -14.0. The largest absolute Gasteiger partial charge is 0.481 e. The van der Waals surface area contributed by atoms with Gasteiger partial charge in [-0.2, -0.15) is 29.9 Å². The van der Waals surface area contributed by atoms with Crippen molar-refractivity contribution < 1.29 is 125 Å². The molecular weight excluding hydrogens is 1870 g/mol. The van der Waals surface area contributed by atoms with Gasteiger partial charge < -0.3 is 93.2 Å². The Kier molecular flexibility index (Phi) is 37.7. The second-order valence-electron chi connectivity index (χ2n) is 39.3. The first kappa shape index (κ1) is 111. The summed E-state index contributed by atoms with van der Waals surface area (Å²) in [5.74, 6) is -12.4. The van der Waals surface area contributed by atoms with E-state index in [0.29, 0.717) is 55.7 Å². The van der Waals surface area contributed by atoms with Crippen molar-refractivity contribution in [3.05, 3.63) is 172 Å². The van der Waals surface area contributed by atoms with Gasteiger partial charge in [0, 0.05) is 72.2 Å². The smallest absolute Gasteiger partial charge is 0.332 e. The number of ether oxygens (including phenoxy) is 12. The molecule has 0 unspecified atom stereocenters. The molecule has 20 atom stereocenters. The number of carbonyl (C=O) groups is 12. The van der Waals surface area contributed by atoms with E-state index in [1.165, 1.54) is 21.3 Å². The highest BCUT2D eigenvalue weighted by molar-refractivity contribution is 5.98. The molecule has 8 aliphatic rings. The van der Waals surface area contributed by atoms with Crippen LogP contribution < -0.4 is 49.7 Å². The quantitative estimate of drug-likeness (QED) is 0.00898. The number of aliphatic hydroxyl groups is 1. The standard InChI is InChI=1S/C33H42N4O6.C30H37N3O7.C26H29N3O7.C19H29NO6/c1-6-9-10-14-17-37(4)30(39)26-19-24(18-25(26)29(38)36-33(21-23(33)7-2)31(40)42-8-3)43-28-20-27(34-32(35-28)41-5)22-15-12-11-13-16-22;1-7-19-17-30(19,27(36)38-8-2)33-25(34)21-14-20(15-22(21)26(35)40-29(3,4)5)39-24-16-23(31-28(32-24)37-6)18-12-10-9-11-13-18;1-4-16-14-26(16,24(33)35-5-2)29-22(30)18-11-17(12-19(18)23(31)32)36-21-13-20(27-25(28-21)34-3)15-9-7-6-8-10-15;1-6-11-10-19(11,17(24)25-7-2)20-15(22)13-8-12(21)9-14(13)16(23)26-18(3,4)5/h6-7,11-13,15-16,20,23-26H,1-2,8-10,14,17-19,21H2,3-5H3,(H,36,38);7,9-13,16,19-22H,1,8,14-15,17H2,2-6H3,(H,33,34);4,6-10,13,16-19H,1,5,11-12,14H2,2-3H3,(H,29,30)(H,31,32);6,11-14,21H,1,7-10H2,2-5H3,(H,20,22)/t23-,24-,25-,26-,33-;19-,20-,21-,22-,30-;16-,17-,18-,19-,26-;11-,12+,13-,14-,19-/m1111/s1. The highest BCUT2D eigenvalue weighted by Gasteiger charge is 2.66. The lowest BCUT2D eigenvalue weighted by Crippen LogP contribution is -2.50. The molecule has 37 heteroatoms. The molecule has 0 saturated heterocycles. The molecule has 6 N–H and O–H groups in total. The number of aliphatic carboxylic acids is 1. The van der Waals surface area contributed by atoms with Crippen molar-refractivity contribution >= 4 is 71.3 Å². The fraction of sp³-hybridized carbons (Fsp3) is 0.519. The van der Waals surface area contributed by atoms with E-state index in [1.54, 1.807) is 124 Å². The predicted molar refractivity (Wildman–Crippen MR) is 530 cm³/mol. The number of amides is 5. The van der Waals surface area contributed by atoms with Gasteiger partial charge in [-0.15, -0.1) is 32.9 Å². The third-order valence-electron chi connectivity index (χ3n) is 26.8. The summed E-state index contributed by atoms with van der Waals surface area (Å²) < 4.78 is 66.2. The second-order valence-corrected chi connectivity index (χ2v) is 39.3. The molecule has 0 aliphatic heterocycles. The lowest BCUT2D eigenvalue weighted by molar-refractivity contribution is -0.164. The number of aromatic nitrogens is 6. The number of aliphatic hydroxyl groups excluding tert-OH is 1. The van der Waals surface area contributed by atoms with E-state index in [4.69, 9.17) is 56.8 Å². The van der Waals surface area contributed by atoms with Crippen LogP contribution in [0.4, 0.5) is 0 Å². The summed E-state index contributed by atoms with van der Waals surface area (Å²) in [5.41, 5.74) is -1.66. The van der Waals surface area contributed by atoms with E-state index in [2.05, 4.69) is 84.1 Å². The van der Waals surface area contributed by atoms with Gasteiger partial charge in [-0.05, 0) is 166 Å². The summed E-state index contributed by atoms with van der Waals surface area (Å²) in [7, 11) is 6.15. The Morgan fingerprint density at radius 1 is 0.400 bits per heavy atom. The van der Waals surface area contributed by atoms with E-state index >= 15 is 0 Å². The monoisotopic (exact) mass is 2000 g/mol. The zero-order valence-electron chi connectivity index (χ0n) is 85.0. The number of nitrogens with zero attached hydrogens (tertiary/aromatic N) is 7. The normalized spacial score (nSPS) is 26.7. The summed E-state index contributed by atoms with van der Waals surface area (Å²) in [6.45, 7) is 37.5. The number of carboxylic acid groups (broad SMARTS) is 1. The number of unbranched alkanes of at least 4 members (excludes halogenated alkanes) is 2. The molecule has 6 aromatic rings. The molecule has 145 heavy (non-hydrogen) atoms. The number of methoxy groups -OCH3 is 3. The highest BCUT2D eigenvalue weighted by atomic mass is 16.6. The first-order valence-electron chi connectivity index (χ1n) is 49.2. The molecule has 0 spiro atoms. The van der Waals surface area contributed by atoms with Crippen LogP contribution in [0.25, 0.3) is 33.8 Å². The van der Waals surface area contributed by atoms with Crippen molar-refractivity contribution in [1.29, 1.82) is 0 Å². The number of hydrogen-bond donors (Lipinski definition) is 6. The number of carbonyl (C=O) groups excluding carboxylic acids is 11. The van der Waals surface area contributed by atoms with Crippen LogP contribution >= 0.6 is 0 Å². The SMILES string of the molecule is C=CCCCCN(C)C(=O)[C@@H]1C[C@H](Oc2cc(-c3ccccc3)nc(OC)n2)C[C@H]1C(=O)N[C@]1(C(=O)OCC)C[C@H]1C=C.C=C[C@@H]1C[C@]1(NC(=O)[C@@H]1C[C@@H](Oc2cc(-c3ccccc3)nc(OC)n2)C[C@H]1C(=O)O)C(=O)OCC.C=C[C@@H]1C[C@]1(NC(=O)[C@@H]1C[C@@H](Oc2cc(-c3ccccc3)nc(OC)n2)C[C@H]1C(=O)OC(C)(C)C)C(=O)OCC.C=C[C@@H]1C[C@]1(NC(=O)[C@@H]1C[C@H](O)C[C@H]1C(=O)OC(C)(C)C)C(=O)OCC. The molecule has 8 fully saturated rings. The lowest BCUT2D eigenvalue weighted by atomic mass is 9.93. The van der Waals surface area contributed by atoms with Crippen molar-refractivity contribution in [3.8, 4) is 69.4 Å². The molecule has 3 heterocycles. The number of carboxylic acids is 1. The number of hydrogen-bond acceptors (Lipinski definition) is 31. The molecular formula is C108H137N11O26. The van der Waals surface area contributed by atoms with Crippen molar-refractivity contribution in [2.75, 3.05) is 61.3 Å². The number of esters is 6. The zero-order valence-corrected chi connectivity index (χ0v) is 85.0. The van der Waals surface area contributed by atoms with Gasteiger partial charge >= 0.3 is 59.8 Å². The molecule has 8 aliphatic carbocycles. The first-order chi connectivity index (χ1) is 69.1. The van der Waals surface area contributed by atoms with E-state index in [1.807, 2.05) is 97.1 Å². The molecule has 0 bridgehead atoms. The summed E-state index contributed by atoms with van der Waals surface area (Å²) in [4.78, 5) is 183. The predicted octanol–water partition coefficient (Wildman–Crippen LogP) is 12.2. The summed E-state index contributed by atoms with van der Waals surface area (Å²) in [6, 6.07) is 34.0. The molecule has 0 radical (unpaired) electrons. The van der Waals surface area contributed by atoms with Crippen molar-refractivity contribution in [3.63, 3.8) is 0 Å². The zero-order chi connectivity index (χ0) is 106. The Morgan fingerprint density at radius 2 is 0.676 bits per heavy atom. The number of nitrogens with one attached hydrogen (secondary N) is 4. The minimum Gasteiger partial charge on any atom is -0.481 e. The number of benzene rings is 3. The average Bonchev–Trinajstić information content (AvgIpc) is 1.60. The number of rotatable bonds is 41. The van der Waals surface area contributed by atoms with Gasteiger partial charge in [-0.1, -0.05) is 121 Å². The van der Waals surface area contributed by atoms with Crippen LogP contribution in [0.5, 0.6) is 35.7 Å². The Balaban J connectivity index is 0.000000187. The minimum absolute atomic E-state index is 0.106. The summed E-state index contributed by atoms with van der Waals surface area (Å²) >= 11 is 0. The van der Waals surface area contributed by atoms with Gasteiger partial charge in [-0.3, -0.25) is 38.4 Å². The fourth-order valence-corrected chi connectivity index (χ4v) is 19.0. The topological polar surface area (TPSA) is 485 Å². The lowest BCUT2D eigenvalue weighted by Gasteiger charge is -2.26. The van der Waals surface area contributed by atoms with Crippen LogP contribution in [0.1, 0.15) is 166 Å². The summed E-state index contributed by atoms with van der Waals surface area (Å²) in [6.07, 6.45) is 11.9. The fourth-order valence-electron chi connectivity index (χ4n) is 19.0.